The summed E-state index contributed by atoms with van der Waals surface area (Å²) in [4.78, 5) is 15.4. The standard InChI is InChI=1S/C22H22F3N5O/c1-13(23)11-22(2,20-17(25)4-3-9-27-20)12-28-19-8-7-18(29-30-19)15-10-14(21(26)31)5-6-16(15)24/h3-10,13H,11-12H2,1-2H3,(H2,26,31)(H,28,30)/t13-,22-/m0/s1. The number of rotatable bonds is 8. The molecule has 0 aliphatic carbocycles. The van der Waals surface area contributed by atoms with Crippen LogP contribution < -0.4 is 11.1 Å². The molecule has 1 amide bonds. The van der Waals surface area contributed by atoms with Crippen molar-refractivity contribution in [3.63, 3.8) is 0 Å². The highest BCUT2D eigenvalue weighted by Crippen LogP contribution is 2.31. The van der Waals surface area contributed by atoms with Gasteiger partial charge in [0, 0.05) is 29.3 Å². The van der Waals surface area contributed by atoms with Gasteiger partial charge in [-0.2, -0.15) is 0 Å². The van der Waals surface area contributed by atoms with Crippen LogP contribution in [0.2, 0.25) is 0 Å². The number of nitrogens with one attached hydrogen (secondary N) is 1. The van der Waals surface area contributed by atoms with Crippen LogP contribution in [0.25, 0.3) is 11.3 Å². The molecule has 162 valence electrons. The minimum absolute atomic E-state index is 0.0462. The van der Waals surface area contributed by atoms with E-state index in [4.69, 9.17) is 5.73 Å². The summed E-state index contributed by atoms with van der Waals surface area (Å²) >= 11 is 0. The summed E-state index contributed by atoms with van der Waals surface area (Å²) in [6.45, 7) is 3.27. The number of anilines is 1. The van der Waals surface area contributed by atoms with E-state index in [1.807, 2.05) is 0 Å². The zero-order valence-electron chi connectivity index (χ0n) is 17.1. The first-order valence-corrected chi connectivity index (χ1v) is 9.62. The number of carbonyl (C=O) groups is 1. The third-order valence-electron chi connectivity index (χ3n) is 4.91. The maximum Gasteiger partial charge on any atom is 0.248 e. The number of primary amides is 1. The van der Waals surface area contributed by atoms with E-state index in [0.29, 0.717) is 5.82 Å². The highest BCUT2D eigenvalue weighted by atomic mass is 19.1. The summed E-state index contributed by atoms with van der Waals surface area (Å²) in [6, 6.07) is 9.57. The van der Waals surface area contributed by atoms with Gasteiger partial charge in [-0.25, -0.2) is 13.2 Å². The molecular weight excluding hydrogens is 407 g/mol. The molecule has 31 heavy (non-hydrogen) atoms. The van der Waals surface area contributed by atoms with Gasteiger partial charge < -0.3 is 11.1 Å². The molecule has 0 bridgehead atoms. The van der Waals surface area contributed by atoms with Crippen molar-refractivity contribution in [1.29, 1.82) is 0 Å². The minimum Gasteiger partial charge on any atom is -0.368 e. The third-order valence-corrected chi connectivity index (χ3v) is 4.91. The zero-order valence-corrected chi connectivity index (χ0v) is 17.1. The average molecular weight is 429 g/mol. The van der Waals surface area contributed by atoms with Crippen LogP contribution in [-0.4, -0.2) is 33.8 Å². The Bertz CT molecular complexity index is 1070. The van der Waals surface area contributed by atoms with E-state index >= 15 is 0 Å². The van der Waals surface area contributed by atoms with Crippen molar-refractivity contribution in [1.82, 2.24) is 15.2 Å². The van der Waals surface area contributed by atoms with Crippen molar-refractivity contribution in [3.05, 3.63) is 71.6 Å². The number of pyridine rings is 1. The molecule has 9 heteroatoms. The van der Waals surface area contributed by atoms with Gasteiger partial charge in [-0.1, -0.05) is 6.92 Å². The first-order chi connectivity index (χ1) is 14.7. The lowest BCUT2D eigenvalue weighted by molar-refractivity contribution is 0.1000. The number of hydrogen-bond donors (Lipinski definition) is 2. The number of halogens is 3. The summed E-state index contributed by atoms with van der Waals surface area (Å²) in [5.74, 6) is -1.44. The van der Waals surface area contributed by atoms with Gasteiger partial charge in [0.2, 0.25) is 5.91 Å². The van der Waals surface area contributed by atoms with E-state index in [1.165, 1.54) is 43.5 Å². The number of amides is 1. The van der Waals surface area contributed by atoms with E-state index in [-0.39, 0.29) is 35.5 Å². The fourth-order valence-corrected chi connectivity index (χ4v) is 3.43. The monoisotopic (exact) mass is 429 g/mol. The fraction of sp³-hybridized carbons (Fsp3) is 0.273. The molecule has 0 saturated carbocycles. The molecule has 2 heterocycles. The van der Waals surface area contributed by atoms with Crippen molar-refractivity contribution in [2.45, 2.75) is 31.9 Å². The van der Waals surface area contributed by atoms with Gasteiger partial charge in [0.15, 0.2) is 0 Å². The molecule has 0 radical (unpaired) electrons. The van der Waals surface area contributed by atoms with Gasteiger partial charge in [-0.3, -0.25) is 9.78 Å². The third kappa shape index (κ3) is 5.17. The summed E-state index contributed by atoms with van der Waals surface area (Å²) < 4.78 is 42.3. The number of aromatic nitrogens is 3. The van der Waals surface area contributed by atoms with E-state index < -0.39 is 29.1 Å². The van der Waals surface area contributed by atoms with Gasteiger partial charge >= 0.3 is 0 Å². The maximum absolute atomic E-state index is 14.3. The topological polar surface area (TPSA) is 93.8 Å². The van der Waals surface area contributed by atoms with Gasteiger partial charge in [0.25, 0.3) is 0 Å². The fourth-order valence-electron chi connectivity index (χ4n) is 3.43. The van der Waals surface area contributed by atoms with Crippen LogP contribution in [-0.2, 0) is 5.41 Å². The van der Waals surface area contributed by atoms with Gasteiger partial charge in [0.1, 0.15) is 17.5 Å². The minimum atomic E-state index is -1.18. The Labute approximate surface area is 177 Å². The SMILES string of the molecule is C[C@H](F)C[C@@](C)(CNc1ccc(-c2cc(C(N)=O)ccc2F)nn1)c1ncccc1F. The second kappa shape index (κ2) is 9.11. The summed E-state index contributed by atoms with van der Waals surface area (Å²) in [5, 5.41) is 11.0. The normalized spacial score (nSPS) is 14.0. The summed E-state index contributed by atoms with van der Waals surface area (Å²) in [5.41, 5.74) is 4.90. The van der Waals surface area contributed by atoms with Crippen molar-refractivity contribution in [2.75, 3.05) is 11.9 Å². The van der Waals surface area contributed by atoms with E-state index in [2.05, 4.69) is 20.5 Å². The van der Waals surface area contributed by atoms with E-state index in [0.717, 1.165) is 6.07 Å². The predicted molar refractivity (Wildman–Crippen MR) is 111 cm³/mol. The number of hydrogen-bond acceptors (Lipinski definition) is 5. The van der Waals surface area contributed by atoms with E-state index in [9.17, 15) is 18.0 Å². The molecule has 2 aromatic heterocycles. The van der Waals surface area contributed by atoms with Crippen molar-refractivity contribution in [3.8, 4) is 11.3 Å². The molecule has 2 atom stereocenters. The van der Waals surface area contributed by atoms with Gasteiger partial charge in [-0.05, 0) is 55.8 Å². The quantitative estimate of drug-likeness (QED) is 0.564. The number of carbonyl (C=O) groups excluding carboxylic acids is 1. The van der Waals surface area contributed by atoms with Crippen molar-refractivity contribution in [2.24, 2.45) is 5.73 Å². The van der Waals surface area contributed by atoms with Crippen LogP contribution >= 0.6 is 0 Å². The molecular formula is C22H22F3N5O. The Morgan fingerprint density at radius 2 is 1.94 bits per heavy atom. The van der Waals surface area contributed by atoms with Crippen LogP contribution in [0.5, 0.6) is 0 Å². The second-order valence-corrected chi connectivity index (χ2v) is 7.60. The van der Waals surface area contributed by atoms with Crippen LogP contribution in [0.15, 0.2) is 48.7 Å². The Kier molecular flexibility index (Phi) is 6.53. The molecule has 0 aliphatic rings. The second-order valence-electron chi connectivity index (χ2n) is 7.60. The molecule has 1 aromatic carbocycles. The Balaban J connectivity index is 1.81. The van der Waals surface area contributed by atoms with Crippen LogP contribution in [0.4, 0.5) is 19.0 Å². The first kappa shape index (κ1) is 22.2. The maximum atomic E-state index is 14.3. The molecule has 6 nitrogen and oxygen atoms in total. The number of nitrogens with zero attached hydrogens (tertiary/aromatic N) is 3. The summed E-state index contributed by atoms with van der Waals surface area (Å²) in [6.07, 6.45) is 0.329. The molecule has 0 saturated heterocycles. The van der Waals surface area contributed by atoms with Crippen LogP contribution in [0.3, 0.4) is 0 Å². The Morgan fingerprint density at radius 1 is 1.16 bits per heavy atom. The number of benzene rings is 1. The Hall–Kier alpha value is -3.49. The molecule has 3 aromatic rings. The molecule has 3 N–H and O–H groups in total. The molecule has 3 rings (SSSR count). The molecule has 0 unspecified atom stereocenters. The average Bonchev–Trinajstić information content (AvgIpc) is 2.73. The molecule has 0 spiro atoms. The number of nitrogens with two attached hydrogens (primary N) is 1. The lowest BCUT2D eigenvalue weighted by Crippen LogP contribution is -2.35. The van der Waals surface area contributed by atoms with Crippen molar-refractivity contribution < 1.29 is 18.0 Å². The lowest BCUT2D eigenvalue weighted by atomic mass is 9.81. The zero-order chi connectivity index (χ0) is 22.6. The smallest absolute Gasteiger partial charge is 0.248 e. The molecule has 0 fully saturated rings. The van der Waals surface area contributed by atoms with Crippen LogP contribution in [0, 0.1) is 11.6 Å². The highest BCUT2D eigenvalue weighted by molar-refractivity contribution is 5.94. The number of alkyl halides is 1. The van der Waals surface area contributed by atoms with Crippen molar-refractivity contribution >= 4 is 11.7 Å². The highest BCUT2D eigenvalue weighted by Gasteiger charge is 2.33. The lowest BCUT2D eigenvalue weighted by Gasteiger charge is -2.30. The van der Waals surface area contributed by atoms with Gasteiger partial charge in [-0.15, -0.1) is 10.2 Å². The predicted octanol–water partition coefficient (Wildman–Crippen LogP) is 4.03. The van der Waals surface area contributed by atoms with Crippen LogP contribution in [0.1, 0.15) is 36.3 Å². The summed E-state index contributed by atoms with van der Waals surface area (Å²) in [7, 11) is 0. The van der Waals surface area contributed by atoms with Gasteiger partial charge in [0.05, 0.1) is 17.6 Å². The largest absolute Gasteiger partial charge is 0.368 e. The van der Waals surface area contributed by atoms with E-state index in [1.54, 1.807) is 13.0 Å². The molecule has 0 aliphatic heterocycles. The Morgan fingerprint density at radius 3 is 2.55 bits per heavy atom. The first-order valence-electron chi connectivity index (χ1n) is 9.62.